The van der Waals surface area contributed by atoms with Gasteiger partial charge in [0.25, 0.3) is 0 Å². The molecule has 0 N–H and O–H groups in total. The average molecular weight is 237 g/mol. The Kier molecular flexibility index (Phi) is 6.20. The van der Waals surface area contributed by atoms with Gasteiger partial charge in [0.1, 0.15) is 0 Å². The molecular weight excluding hydrogens is 216 g/mol. The van der Waals surface area contributed by atoms with E-state index >= 15 is 0 Å². The lowest BCUT2D eigenvalue weighted by Gasteiger charge is -2.25. The van der Waals surface area contributed by atoms with Gasteiger partial charge in [0.2, 0.25) is 0 Å². The van der Waals surface area contributed by atoms with E-state index in [1.807, 2.05) is 0 Å². The fourth-order valence-corrected chi connectivity index (χ4v) is 1.33. The van der Waals surface area contributed by atoms with Gasteiger partial charge in [-0.1, -0.05) is 43.6 Å². The molecule has 2 heteroatoms. The second kappa shape index (κ2) is 5.98. The predicted octanol–water partition coefficient (Wildman–Crippen LogP) is 3.47. The van der Waals surface area contributed by atoms with Crippen LogP contribution in [0.2, 0.25) is 0 Å². The first-order valence-corrected chi connectivity index (χ1v) is 5.80. The number of halogens is 1. The SMILES string of the molecule is CCC(C)(CBr)COCC(C)C. The van der Waals surface area contributed by atoms with Crippen molar-refractivity contribution in [1.82, 2.24) is 0 Å². The van der Waals surface area contributed by atoms with Crippen molar-refractivity contribution in [3.8, 4) is 0 Å². The molecule has 1 atom stereocenters. The van der Waals surface area contributed by atoms with Gasteiger partial charge in [-0.2, -0.15) is 0 Å². The second-order valence-corrected chi connectivity index (χ2v) is 4.77. The molecule has 0 aliphatic rings. The van der Waals surface area contributed by atoms with Gasteiger partial charge in [0.05, 0.1) is 6.61 Å². The van der Waals surface area contributed by atoms with Gasteiger partial charge in [-0.3, -0.25) is 0 Å². The van der Waals surface area contributed by atoms with E-state index in [1.165, 1.54) is 0 Å². The Balaban J connectivity index is 3.58. The molecular formula is C10H21BrO. The van der Waals surface area contributed by atoms with Crippen molar-refractivity contribution in [3.05, 3.63) is 0 Å². The van der Waals surface area contributed by atoms with E-state index in [1.54, 1.807) is 0 Å². The summed E-state index contributed by atoms with van der Waals surface area (Å²) in [4.78, 5) is 0. The number of hydrogen-bond acceptors (Lipinski definition) is 1. The van der Waals surface area contributed by atoms with Crippen molar-refractivity contribution < 1.29 is 4.74 Å². The molecule has 0 heterocycles. The molecule has 0 aromatic rings. The first kappa shape index (κ1) is 12.4. The standard InChI is InChI=1S/C10H21BrO/c1-5-10(4,7-11)8-12-6-9(2)3/h9H,5-8H2,1-4H3. The van der Waals surface area contributed by atoms with Crippen molar-refractivity contribution in [2.24, 2.45) is 11.3 Å². The lowest BCUT2D eigenvalue weighted by atomic mass is 9.91. The first-order valence-electron chi connectivity index (χ1n) is 4.68. The minimum Gasteiger partial charge on any atom is -0.381 e. The van der Waals surface area contributed by atoms with Crippen molar-refractivity contribution >= 4 is 15.9 Å². The van der Waals surface area contributed by atoms with Gasteiger partial charge in [-0.25, -0.2) is 0 Å². The zero-order valence-electron chi connectivity index (χ0n) is 8.69. The Bertz CT molecular complexity index is 108. The first-order chi connectivity index (χ1) is 5.54. The minimum absolute atomic E-state index is 0.314. The summed E-state index contributed by atoms with van der Waals surface area (Å²) in [6.45, 7) is 10.6. The Morgan fingerprint density at radius 3 is 2.33 bits per heavy atom. The average Bonchev–Trinajstić information content (AvgIpc) is 2.03. The van der Waals surface area contributed by atoms with Crippen LogP contribution in [0, 0.1) is 11.3 Å². The van der Waals surface area contributed by atoms with Crippen molar-refractivity contribution in [1.29, 1.82) is 0 Å². The number of alkyl halides is 1. The maximum Gasteiger partial charge on any atom is 0.0527 e. The summed E-state index contributed by atoms with van der Waals surface area (Å²) in [7, 11) is 0. The molecule has 1 nitrogen and oxygen atoms in total. The molecule has 0 aromatic heterocycles. The highest BCUT2D eigenvalue weighted by Crippen LogP contribution is 2.23. The van der Waals surface area contributed by atoms with Gasteiger partial charge >= 0.3 is 0 Å². The molecule has 0 aliphatic carbocycles. The molecule has 1 unspecified atom stereocenters. The van der Waals surface area contributed by atoms with Crippen LogP contribution in [0.1, 0.15) is 34.1 Å². The summed E-state index contributed by atoms with van der Waals surface area (Å²) < 4.78 is 5.61. The van der Waals surface area contributed by atoms with E-state index in [-0.39, 0.29) is 0 Å². The van der Waals surface area contributed by atoms with Crippen LogP contribution in [0.5, 0.6) is 0 Å². The van der Waals surface area contributed by atoms with Crippen LogP contribution < -0.4 is 0 Å². The lowest BCUT2D eigenvalue weighted by molar-refractivity contribution is 0.0477. The molecule has 0 aliphatic heterocycles. The van der Waals surface area contributed by atoms with E-state index in [0.29, 0.717) is 11.3 Å². The predicted molar refractivity (Wildman–Crippen MR) is 57.8 cm³/mol. The normalized spacial score (nSPS) is 16.5. The summed E-state index contributed by atoms with van der Waals surface area (Å²) in [6.07, 6.45) is 1.16. The smallest absolute Gasteiger partial charge is 0.0527 e. The molecule has 0 rings (SSSR count). The fourth-order valence-electron chi connectivity index (χ4n) is 0.776. The Morgan fingerprint density at radius 1 is 1.42 bits per heavy atom. The molecule has 0 aromatic carbocycles. The van der Waals surface area contributed by atoms with Crippen molar-refractivity contribution in [3.63, 3.8) is 0 Å². The third-order valence-electron chi connectivity index (χ3n) is 2.08. The molecule has 0 spiro atoms. The molecule has 74 valence electrons. The van der Waals surface area contributed by atoms with Crippen LogP contribution in [0.3, 0.4) is 0 Å². The van der Waals surface area contributed by atoms with Crippen LogP contribution >= 0.6 is 15.9 Å². The van der Waals surface area contributed by atoms with Gasteiger partial charge in [0, 0.05) is 17.4 Å². The summed E-state index contributed by atoms with van der Waals surface area (Å²) in [5.74, 6) is 0.640. The quantitative estimate of drug-likeness (QED) is 0.643. The molecule has 0 saturated carbocycles. The topological polar surface area (TPSA) is 9.23 Å². The van der Waals surface area contributed by atoms with Crippen molar-refractivity contribution in [2.75, 3.05) is 18.5 Å². The monoisotopic (exact) mass is 236 g/mol. The third kappa shape index (κ3) is 5.15. The largest absolute Gasteiger partial charge is 0.381 e. The van der Waals surface area contributed by atoms with E-state index in [4.69, 9.17) is 4.74 Å². The fraction of sp³-hybridized carbons (Fsp3) is 1.00. The van der Waals surface area contributed by atoms with Crippen LogP contribution in [0.25, 0.3) is 0 Å². The highest BCUT2D eigenvalue weighted by atomic mass is 79.9. The number of hydrogen-bond donors (Lipinski definition) is 0. The highest BCUT2D eigenvalue weighted by molar-refractivity contribution is 9.09. The molecule has 0 radical (unpaired) electrons. The van der Waals surface area contributed by atoms with Crippen LogP contribution in [-0.2, 0) is 4.74 Å². The van der Waals surface area contributed by atoms with E-state index < -0.39 is 0 Å². The van der Waals surface area contributed by atoms with Crippen molar-refractivity contribution in [2.45, 2.75) is 34.1 Å². The van der Waals surface area contributed by atoms with Gasteiger partial charge in [-0.15, -0.1) is 0 Å². The Hall–Kier alpha value is 0.440. The van der Waals surface area contributed by atoms with E-state index in [0.717, 1.165) is 25.0 Å². The third-order valence-corrected chi connectivity index (χ3v) is 3.43. The summed E-state index contributed by atoms with van der Waals surface area (Å²) >= 11 is 3.52. The summed E-state index contributed by atoms with van der Waals surface area (Å²) in [6, 6.07) is 0. The Labute approximate surface area is 85.0 Å². The summed E-state index contributed by atoms with van der Waals surface area (Å²) in [5.41, 5.74) is 0.314. The van der Waals surface area contributed by atoms with Gasteiger partial charge < -0.3 is 4.74 Å². The zero-order chi connectivity index (χ0) is 9.61. The molecule has 0 saturated heterocycles. The highest BCUT2D eigenvalue weighted by Gasteiger charge is 2.20. The second-order valence-electron chi connectivity index (χ2n) is 4.21. The maximum absolute atomic E-state index is 5.61. The maximum atomic E-state index is 5.61. The number of ether oxygens (including phenoxy) is 1. The molecule has 0 fully saturated rings. The lowest BCUT2D eigenvalue weighted by Crippen LogP contribution is -2.25. The number of rotatable bonds is 6. The molecule has 0 bridgehead atoms. The Morgan fingerprint density at radius 2 is 2.00 bits per heavy atom. The van der Waals surface area contributed by atoms with E-state index in [2.05, 4.69) is 43.6 Å². The van der Waals surface area contributed by atoms with Crippen LogP contribution in [0.4, 0.5) is 0 Å². The van der Waals surface area contributed by atoms with Gasteiger partial charge in [-0.05, 0) is 12.3 Å². The minimum atomic E-state index is 0.314. The van der Waals surface area contributed by atoms with E-state index in [9.17, 15) is 0 Å². The van der Waals surface area contributed by atoms with Crippen LogP contribution in [-0.4, -0.2) is 18.5 Å². The van der Waals surface area contributed by atoms with Gasteiger partial charge in [0.15, 0.2) is 0 Å². The molecule has 0 amide bonds. The zero-order valence-corrected chi connectivity index (χ0v) is 10.3. The molecule has 12 heavy (non-hydrogen) atoms. The van der Waals surface area contributed by atoms with Crippen LogP contribution in [0.15, 0.2) is 0 Å². The summed E-state index contributed by atoms with van der Waals surface area (Å²) in [5, 5.41) is 1.02.